The van der Waals surface area contributed by atoms with Gasteiger partial charge in [-0.3, -0.25) is 14.4 Å². The Balaban J connectivity index is 2.05. The lowest BCUT2D eigenvalue weighted by Gasteiger charge is -2.19. The summed E-state index contributed by atoms with van der Waals surface area (Å²) >= 11 is 5.95. The van der Waals surface area contributed by atoms with Gasteiger partial charge in [-0.05, 0) is 50.2 Å². The van der Waals surface area contributed by atoms with E-state index in [0.29, 0.717) is 47.1 Å². The van der Waals surface area contributed by atoms with Crippen molar-refractivity contribution in [3.8, 4) is 5.75 Å². The number of rotatable bonds is 9. The lowest BCUT2D eigenvalue weighted by Crippen LogP contribution is -2.30. The van der Waals surface area contributed by atoms with Crippen LogP contribution in [0, 0.1) is 0 Å². The van der Waals surface area contributed by atoms with Crippen molar-refractivity contribution in [1.29, 1.82) is 0 Å². The summed E-state index contributed by atoms with van der Waals surface area (Å²) in [4.78, 5) is 38.5. The number of carbonyl (C=O) groups excluding carboxylic acids is 3. The zero-order valence-corrected chi connectivity index (χ0v) is 17.6. The number of carbonyl (C=O) groups is 3. The van der Waals surface area contributed by atoms with E-state index < -0.39 is 5.91 Å². The Kier molecular flexibility index (Phi) is 8.21. The molecule has 2 amide bonds. The summed E-state index contributed by atoms with van der Waals surface area (Å²) in [7, 11) is 0. The largest absolute Gasteiger partial charge is 0.483 e. The summed E-state index contributed by atoms with van der Waals surface area (Å²) in [6.07, 6.45) is 0.302. The molecule has 0 bridgehead atoms. The third-order valence-corrected chi connectivity index (χ3v) is 4.60. The number of hydrogen-bond donors (Lipinski definition) is 1. The number of ketones is 1. The molecule has 0 aliphatic carbocycles. The molecule has 29 heavy (non-hydrogen) atoms. The number of anilines is 1. The van der Waals surface area contributed by atoms with Crippen LogP contribution in [-0.2, 0) is 4.79 Å². The Labute approximate surface area is 175 Å². The smallest absolute Gasteiger partial charge is 0.262 e. The number of ether oxygens (including phenoxy) is 1. The average molecular weight is 417 g/mol. The number of nitrogens with zero attached hydrogens (tertiary/aromatic N) is 1. The first-order chi connectivity index (χ1) is 13.9. The van der Waals surface area contributed by atoms with Gasteiger partial charge in [0, 0.05) is 35.8 Å². The maximum Gasteiger partial charge on any atom is 0.262 e. The van der Waals surface area contributed by atoms with Gasteiger partial charge in [-0.1, -0.05) is 24.6 Å². The lowest BCUT2D eigenvalue weighted by atomic mass is 10.1. The molecule has 0 radical (unpaired) electrons. The molecule has 0 saturated heterocycles. The van der Waals surface area contributed by atoms with Crippen molar-refractivity contribution < 1.29 is 19.1 Å². The summed E-state index contributed by atoms with van der Waals surface area (Å²) in [5, 5.41) is 3.14. The Bertz CT molecular complexity index is 894. The van der Waals surface area contributed by atoms with Gasteiger partial charge in [-0.2, -0.15) is 0 Å². The van der Waals surface area contributed by atoms with Crippen LogP contribution in [0.2, 0.25) is 5.02 Å². The van der Waals surface area contributed by atoms with Gasteiger partial charge in [0.25, 0.3) is 11.8 Å². The molecule has 2 rings (SSSR count). The molecule has 154 valence electrons. The quantitative estimate of drug-likeness (QED) is 0.613. The average Bonchev–Trinajstić information content (AvgIpc) is 2.73. The van der Waals surface area contributed by atoms with Crippen LogP contribution in [0.3, 0.4) is 0 Å². The van der Waals surface area contributed by atoms with Gasteiger partial charge < -0.3 is 15.0 Å². The highest BCUT2D eigenvalue weighted by Crippen LogP contribution is 2.24. The van der Waals surface area contributed by atoms with Crippen LogP contribution in [0.5, 0.6) is 5.75 Å². The molecule has 1 N–H and O–H groups in total. The number of halogens is 1. The van der Waals surface area contributed by atoms with Crippen molar-refractivity contribution in [1.82, 2.24) is 4.90 Å². The molecule has 0 atom stereocenters. The number of Topliss-reactive ketones (excluding diaryl/α,β-unsaturated/α-hetero) is 1. The molecule has 7 heteroatoms. The van der Waals surface area contributed by atoms with Gasteiger partial charge in [0.1, 0.15) is 5.75 Å². The van der Waals surface area contributed by atoms with Crippen LogP contribution in [0.4, 0.5) is 5.69 Å². The van der Waals surface area contributed by atoms with Gasteiger partial charge in [0.2, 0.25) is 0 Å². The fourth-order valence-corrected chi connectivity index (χ4v) is 2.97. The van der Waals surface area contributed by atoms with Gasteiger partial charge in [0.05, 0.1) is 5.56 Å². The zero-order chi connectivity index (χ0) is 21.4. The fourth-order valence-electron chi connectivity index (χ4n) is 2.80. The van der Waals surface area contributed by atoms with Crippen LogP contribution in [0.1, 0.15) is 47.9 Å². The molecular weight excluding hydrogens is 392 g/mol. The van der Waals surface area contributed by atoms with Crippen LogP contribution in [-0.4, -0.2) is 42.2 Å². The molecule has 0 fully saturated rings. The second-order valence-electron chi connectivity index (χ2n) is 6.31. The number of benzene rings is 2. The summed E-state index contributed by atoms with van der Waals surface area (Å²) in [5.41, 5.74) is 1.35. The first-order valence-electron chi connectivity index (χ1n) is 9.54. The molecule has 0 heterocycles. The lowest BCUT2D eigenvalue weighted by molar-refractivity contribution is -0.118. The van der Waals surface area contributed by atoms with Crippen LogP contribution in [0.25, 0.3) is 0 Å². The van der Waals surface area contributed by atoms with Gasteiger partial charge in [-0.15, -0.1) is 0 Å². The van der Waals surface area contributed by atoms with Gasteiger partial charge in [-0.25, -0.2) is 0 Å². The Morgan fingerprint density at radius 2 is 1.76 bits per heavy atom. The second kappa shape index (κ2) is 10.6. The van der Waals surface area contributed by atoms with Crippen LogP contribution < -0.4 is 10.1 Å². The van der Waals surface area contributed by atoms with Gasteiger partial charge >= 0.3 is 0 Å². The van der Waals surface area contributed by atoms with Crippen LogP contribution >= 0.6 is 11.6 Å². The third-order valence-electron chi connectivity index (χ3n) is 4.37. The number of amides is 2. The fraction of sp³-hybridized carbons (Fsp3) is 0.318. The predicted molar refractivity (Wildman–Crippen MR) is 114 cm³/mol. The van der Waals surface area contributed by atoms with Gasteiger partial charge in [0.15, 0.2) is 12.4 Å². The van der Waals surface area contributed by atoms with E-state index in [1.54, 1.807) is 48.2 Å². The molecule has 0 saturated carbocycles. The molecule has 0 aliphatic rings. The van der Waals surface area contributed by atoms with E-state index in [-0.39, 0.29) is 18.3 Å². The molecule has 0 unspecified atom stereocenters. The van der Waals surface area contributed by atoms with E-state index in [0.717, 1.165) is 0 Å². The predicted octanol–water partition coefficient (Wildman–Crippen LogP) is 4.43. The highest BCUT2D eigenvalue weighted by Gasteiger charge is 2.15. The highest BCUT2D eigenvalue weighted by molar-refractivity contribution is 6.31. The minimum atomic E-state index is -0.401. The Hall–Kier alpha value is -2.86. The van der Waals surface area contributed by atoms with E-state index in [4.69, 9.17) is 16.3 Å². The summed E-state index contributed by atoms with van der Waals surface area (Å²) in [6, 6.07) is 11.5. The van der Waals surface area contributed by atoms with Crippen LogP contribution in [0.15, 0.2) is 42.5 Å². The van der Waals surface area contributed by atoms with Crippen molar-refractivity contribution >= 4 is 34.9 Å². The van der Waals surface area contributed by atoms with E-state index >= 15 is 0 Å². The zero-order valence-electron chi connectivity index (χ0n) is 16.8. The molecule has 6 nitrogen and oxygen atoms in total. The van der Waals surface area contributed by atoms with Crippen molar-refractivity contribution in [3.05, 3.63) is 58.6 Å². The molecule has 0 aliphatic heterocycles. The maximum absolute atomic E-state index is 12.5. The van der Waals surface area contributed by atoms with Crippen molar-refractivity contribution in [2.75, 3.05) is 25.0 Å². The van der Waals surface area contributed by atoms with Crippen molar-refractivity contribution in [2.24, 2.45) is 0 Å². The maximum atomic E-state index is 12.5. The van der Waals surface area contributed by atoms with E-state index in [1.165, 1.54) is 6.07 Å². The third kappa shape index (κ3) is 6.06. The molecule has 0 spiro atoms. The van der Waals surface area contributed by atoms with E-state index in [9.17, 15) is 14.4 Å². The standard InChI is InChI=1S/C22H25ClN2O4/c1-4-19(26)18-13-16(23)10-11-20(18)29-14-21(27)24-17-9-7-8-15(12-17)22(28)25(5-2)6-3/h7-13H,4-6,14H2,1-3H3,(H,24,27). The number of nitrogens with one attached hydrogen (secondary N) is 1. The molecule has 2 aromatic rings. The molecule has 0 aromatic heterocycles. The highest BCUT2D eigenvalue weighted by atomic mass is 35.5. The summed E-state index contributed by atoms with van der Waals surface area (Å²) in [6.45, 7) is 6.52. The Morgan fingerprint density at radius 1 is 1.03 bits per heavy atom. The van der Waals surface area contributed by atoms with Crippen molar-refractivity contribution in [2.45, 2.75) is 27.2 Å². The molecular formula is C22H25ClN2O4. The first kappa shape index (κ1) is 22.4. The van der Waals surface area contributed by atoms with E-state index in [1.807, 2.05) is 13.8 Å². The van der Waals surface area contributed by atoms with E-state index in [2.05, 4.69) is 5.32 Å². The Morgan fingerprint density at radius 3 is 2.41 bits per heavy atom. The van der Waals surface area contributed by atoms with Crippen molar-refractivity contribution in [3.63, 3.8) is 0 Å². The summed E-state index contributed by atoms with van der Waals surface area (Å²) in [5.74, 6) is -0.305. The minimum Gasteiger partial charge on any atom is -0.483 e. The molecule has 2 aromatic carbocycles. The number of hydrogen-bond acceptors (Lipinski definition) is 4. The normalized spacial score (nSPS) is 10.3. The SMILES string of the molecule is CCC(=O)c1cc(Cl)ccc1OCC(=O)Nc1cccc(C(=O)N(CC)CC)c1. The monoisotopic (exact) mass is 416 g/mol. The first-order valence-corrected chi connectivity index (χ1v) is 9.92. The minimum absolute atomic E-state index is 0.0915. The summed E-state index contributed by atoms with van der Waals surface area (Å²) < 4.78 is 5.53. The second-order valence-corrected chi connectivity index (χ2v) is 6.75. The topological polar surface area (TPSA) is 75.7 Å².